The minimum absolute atomic E-state index is 0.0629. The Morgan fingerprint density at radius 2 is 2.29 bits per heavy atom. The van der Waals surface area contributed by atoms with Crippen LogP contribution in [0.1, 0.15) is 17.5 Å². The van der Waals surface area contributed by atoms with Gasteiger partial charge in [-0.1, -0.05) is 12.1 Å². The van der Waals surface area contributed by atoms with Crippen molar-refractivity contribution in [1.82, 2.24) is 0 Å². The van der Waals surface area contributed by atoms with Gasteiger partial charge in [0, 0.05) is 12.1 Å². The summed E-state index contributed by atoms with van der Waals surface area (Å²) in [6.07, 6.45) is 2.23. The van der Waals surface area contributed by atoms with Crippen LogP contribution in [0.5, 0.6) is 0 Å². The van der Waals surface area contributed by atoms with Gasteiger partial charge in [0.25, 0.3) is 0 Å². The smallest absolute Gasteiger partial charge is 0.113 e. The van der Waals surface area contributed by atoms with Gasteiger partial charge in [0.05, 0.1) is 6.10 Å². The number of fused-ring (bicyclic) bond motifs is 1. The number of nitrogens with one attached hydrogen (secondary N) is 1. The predicted molar refractivity (Wildman–Crippen MR) is 55.2 cm³/mol. The molecule has 3 nitrogen and oxygen atoms in total. The summed E-state index contributed by atoms with van der Waals surface area (Å²) in [4.78, 5) is 0. The maximum absolute atomic E-state index is 9.56. The molecule has 0 saturated carbocycles. The van der Waals surface area contributed by atoms with E-state index in [-0.39, 0.29) is 12.8 Å². The Balaban J connectivity index is 2.33. The second kappa shape index (κ2) is 3.98. The first kappa shape index (κ1) is 9.49. The molecule has 76 valence electrons. The molecule has 1 atom stereocenters. The van der Waals surface area contributed by atoms with Crippen molar-refractivity contribution < 1.29 is 10.2 Å². The number of aliphatic hydroxyl groups is 2. The van der Waals surface area contributed by atoms with Gasteiger partial charge in [0.2, 0.25) is 0 Å². The van der Waals surface area contributed by atoms with Crippen molar-refractivity contribution in [1.29, 1.82) is 0 Å². The first-order valence-corrected chi connectivity index (χ1v) is 4.95. The van der Waals surface area contributed by atoms with E-state index in [9.17, 15) is 5.11 Å². The Kier molecular flexibility index (Phi) is 2.70. The van der Waals surface area contributed by atoms with Crippen molar-refractivity contribution in [3.63, 3.8) is 0 Å². The summed E-state index contributed by atoms with van der Waals surface area (Å²) in [6.45, 7) is -0.0629. The lowest BCUT2D eigenvalue weighted by Gasteiger charge is -2.23. The fourth-order valence-corrected chi connectivity index (χ4v) is 2.02. The summed E-state index contributed by atoms with van der Waals surface area (Å²) < 4.78 is 0. The van der Waals surface area contributed by atoms with Gasteiger partial charge in [0.1, 0.15) is 6.73 Å². The molecule has 1 aliphatic rings. The van der Waals surface area contributed by atoms with Crippen LogP contribution in [0.25, 0.3) is 0 Å². The van der Waals surface area contributed by atoms with Crippen molar-refractivity contribution in [3.05, 3.63) is 29.3 Å². The van der Waals surface area contributed by atoms with Crippen LogP contribution in [0.3, 0.4) is 0 Å². The summed E-state index contributed by atoms with van der Waals surface area (Å²) in [5.74, 6) is 0. The van der Waals surface area contributed by atoms with Crippen molar-refractivity contribution in [2.24, 2.45) is 0 Å². The molecule has 14 heavy (non-hydrogen) atoms. The van der Waals surface area contributed by atoms with Crippen LogP contribution >= 0.6 is 0 Å². The SMILES string of the molecule is OCNc1cccc2c1C[C@H](O)CC2. The van der Waals surface area contributed by atoms with Crippen molar-refractivity contribution in [2.45, 2.75) is 25.4 Å². The normalized spacial score (nSPS) is 20.3. The summed E-state index contributed by atoms with van der Waals surface area (Å²) in [7, 11) is 0. The zero-order valence-corrected chi connectivity index (χ0v) is 8.03. The highest BCUT2D eigenvalue weighted by Gasteiger charge is 2.18. The van der Waals surface area contributed by atoms with E-state index in [2.05, 4.69) is 11.4 Å². The molecule has 1 aromatic rings. The molecule has 0 radical (unpaired) electrons. The first-order chi connectivity index (χ1) is 6.81. The topological polar surface area (TPSA) is 52.5 Å². The fourth-order valence-electron chi connectivity index (χ4n) is 2.02. The molecular formula is C11H15NO2. The number of anilines is 1. The molecule has 0 saturated heterocycles. The Hall–Kier alpha value is -1.06. The monoisotopic (exact) mass is 193 g/mol. The van der Waals surface area contributed by atoms with Gasteiger partial charge in [-0.3, -0.25) is 0 Å². The van der Waals surface area contributed by atoms with Gasteiger partial charge in [-0.15, -0.1) is 0 Å². The molecule has 0 fully saturated rings. The lowest BCUT2D eigenvalue weighted by atomic mass is 9.89. The van der Waals surface area contributed by atoms with E-state index in [1.54, 1.807) is 0 Å². The number of aliphatic hydroxyl groups excluding tert-OH is 2. The van der Waals surface area contributed by atoms with Gasteiger partial charge < -0.3 is 15.5 Å². The Bertz CT molecular complexity index is 325. The number of rotatable bonds is 2. The van der Waals surface area contributed by atoms with Gasteiger partial charge in [-0.2, -0.15) is 0 Å². The largest absolute Gasteiger partial charge is 0.393 e. The molecular weight excluding hydrogens is 178 g/mol. The summed E-state index contributed by atoms with van der Waals surface area (Å²) in [5.41, 5.74) is 3.39. The maximum Gasteiger partial charge on any atom is 0.113 e. The lowest BCUT2D eigenvalue weighted by molar-refractivity contribution is 0.159. The van der Waals surface area contributed by atoms with Crippen LogP contribution in [0.2, 0.25) is 0 Å². The minimum Gasteiger partial charge on any atom is -0.393 e. The highest BCUT2D eigenvalue weighted by molar-refractivity contribution is 5.55. The van der Waals surface area contributed by atoms with Gasteiger partial charge in [-0.05, 0) is 30.0 Å². The van der Waals surface area contributed by atoms with Gasteiger partial charge in [-0.25, -0.2) is 0 Å². The van der Waals surface area contributed by atoms with E-state index in [0.29, 0.717) is 6.42 Å². The zero-order chi connectivity index (χ0) is 9.97. The van der Waals surface area contributed by atoms with Crippen LogP contribution < -0.4 is 5.32 Å². The molecule has 0 amide bonds. The average Bonchev–Trinajstić information content (AvgIpc) is 2.19. The van der Waals surface area contributed by atoms with Gasteiger partial charge >= 0.3 is 0 Å². The Morgan fingerprint density at radius 3 is 3.07 bits per heavy atom. The van der Waals surface area contributed by atoms with Crippen LogP contribution in [0.4, 0.5) is 5.69 Å². The number of hydrogen-bond donors (Lipinski definition) is 3. The fraction of sp³-hybridized carbons (Fsp3) is 0.455. The van der Waals surface area contributed by atoms with E-state index in [1.807, 2.05) is 12.1 Å². The van der Waals surface area contributed by atoms with E-state index >= 15 is 0 Å². The van der Waals surface area contributed by atoms with Crippen LogP contribution in [0, 0.1) is 0 Å². The molecule has 0 aliphatic heterocycles. The van der Waals surface area contributed by atoms with Crippen molar-refractivity contribution >= 4 is 5.69 Å². The van der Waals surface area contributed by atoms with Crippen LogP contribution in [-0.2, 0) is 12.8 Å². The number of benzene rings is 1. The molecule has 2 rings (SSSR count). The molecule has 3 heteroatoms. The predicted octanol–water partition coefficient (Wildman–Crippen LogP) is 0.898. The van der Waals surface area contributed by atoms with E-state index in [1.165, 1.54) is 5.56 Å². The quantitative estimate of drug-likeness (QED) is 0.612. The van der Waals surface area contributed by atoms with Crippen molar-refractivity contribution in [3.8, 4) is 0 Å². The molecule has 1 aliphatic carbocycles. The lowest BCUT2D eigenvalue weighted by Crippen LogP contribution is -2.20. The highest BCUT2D eigenvalue weighted by Crippen LogP contribution is 2.27. The maximum atomic E-state index is 9.56. The second-order valence-corrected chi connectivity index (χ2v) is 3.67. The third-order valence-electron chi connectivity index (χ3n) is 2.73. The van der Waals surface area contributed by atoms with Crippen LogP contribution in [-0.4, -0.2) is 23.0 Å². The molecule has 0 unspecified atom stereocenters. The number of hydrogen-bond acceptors (Lipinski definition) is 3. The molecule has 0 heterocycles. The Morgan fingerprint density at radius 1 is 1.43 bits per heavy atom. The third-order valence-corrected chi connectivity index (χ3v) is 2.73. The van der Waals surface area contributed by atoms with E-state index < -0.39 is 0 Å². The zero-order valence-electron chi connectivity index (χ0n) is 8.03. The second-order valence-electron chi connectivity index (χ2n) is 3.67. The standard InChI is InChI=1S/C11H15NO2/c13-7-12-11-3-1-2-8-4-5-9(14)6-10(8)11/h1-3,9,12-14H,4-7H2/t9-/m1/s1. The summed E-state index contributed by atoms with van der Waals surface area (Å²) in [5, 5.41) is 21.3. The summed E-state index contributed by atoms with van der Waals surface area (Å²) in [6, 6.07) is 6.01. The molecule has 1 aromatic carbocycles. The average molecular weight is 193 g/mol. The first-order valence-electron chi connectivity index (χ1n) is 4.95. The molecule has 0 bridgehead atoms. The minimum atomic E-state index is -0.232. The van der Waals surface area contributed by atoms with Crippen LogP contribution in [0.15, 0.2) is 18.2 Å². The van der Waals surface area contributed by atoms with Crippen molar-refractivity contribution in [2.75, 3.05) is 12.0 Å². The van der Waals surface area contributed by atoms with E-state index in [4.69, 9.17) is 5.11 Å². The molecule has 0 spiro atoms. The van der Waals surface area contributed by atoms with E-state index in [0.717, 1.165) is 24.1 Å². The summed E-state index contributed by atoms with van der Waals surface area (Å²) >= 11 is 0. The highest BCUT2D eigenvalue weighted by atomic mass is 16.3. The van der Waals surface area contributed by atoms with Gasteiger partial charge in [0.15, 0.2) is 0 Å². The number of aryl methyl sites for hydroxylation is 1. The Labute approximate surface area is 83.4 Å². The molecule has 0 aromatic heterocycles. The third kappa shape index (κ3) is 1.74. The molecule has 3 N–H and O–H groups in total.